The molecule has 9 heteroatoms. The van der Waals surface area contributed by atoms with Gasteiger partial charge in [0.1, 0.15) is 11.2 Å². The van der Waals surface area contributed by atoms with Crippen LogP contribution in [0.15, 0.2) is 39.7 Å². The lowest BCUT2D eigenvalue weighted by Crippen LogP contribution is -2.13. The SMILES string of the molecule is O=c1[nH]c2c([N+](=O)[O-])cc(Cl)cc2nc1/C=C(\O)c1ccco1. The van der Waals surface area contributed by atoms with Gasteiger partial charge in [0.2, 0.25) is 0 Å². The number of aromatic nitrogens is 2. The van der Waals surface area contributed by atoms with Gasteiger partial charge in [-0.3, -0.25) is 14.9 Å². The number of nitro groups is 1. The van der Waals surface area contributed by atoms with Crippen LogP contribution in [0.4, 0.5) is 5.69 Å². The quantitative estimate of drug-likeness (QED) is 0.431. The van der Waals surface area contributed by atoms with Gasteiger partial charge < -0.3 is 14.5 Å². The van der Waals surface area contributed by atoms with Crippen LogP contribution in [0.5, 0.6) is 0 Å². The molecule has 0 saturated heterocycles. The van der Waals surface area contributed by atoms with Crippen LogP contribution in [0.25, 0.3) is 22.9 Å². The maximum absolute atomic E-state index is 12.0. The lowest BCUT2D eigenvalue weighted by Gasteiger charge is -2.02. The molecule has 0 atom stereocenters. The van der Waals surface area contributed by atoms with E-state index >= 15 is 0 Å². The Hall–Kier alpha value is -3.13. The molecular weight excluding hydrogens is 326 g/mol. The van der Waals surface area contributed by atoms with Crippen LogP contribution in [0.1, 0.15) is 11.5 Å². The molecule has 1 aromatic carbocycles. The number of aromatic amines is 1. The monoisotopic (exact) mass is 333 g/mol. The number of hydrogen-bond acceptors (Lipinski definition) is 6. The number of furan rings is 1. The molecule has 3 rings (SSSR count). The van der Waals surface area contributed by atoms with Crippen molar-refractivity contribution < 1.29 is 14.4 Å². The number of aliphatic hydroxyl groups is 1. The second-order valence-electron chi connectivity index (χ2n) is 4.53. The average Bonchev–Trinajstić information content (AvgIpc) is 3.02. The minimum Gasteiger partial charge on any atom is -0.504 e. The largest absolute Gasteiger partial charge is 0.504 e. The highest BCUT2D eigenvalue weighted by Gasteiger charge is 2.17. The van der Waals surface area contributed by atoms with Gasteiger partial charge >= 0.3 is 0 Å². The van der Waals surface area contributed by atoms with Crippen LogP contribution < -0.4 is 5.56 Å². The normalized spacial score (nSPS) is 11.8. The Morgan fingerprint density at radius 3 is 2.91 bits per heavy atom. The molecule has 0 fully saturated rings. The number of hydrogen-bond donors (Lipinski definition) is 2. The summed E-state index contributed by atoms with van der Waals surface area (Å²) >= 11 is 5.83. The van der Waals surface area contributed by atoms with Gasteiger partial charge in [0.05, 0.1) is 16.7 Å². The summed E-state index contributed by atoms with van der Waals surface area (Å²) in [6.07, 6.45) is 2.46. The van der Waals surface area contributed by atoms with Gasteiger partial charge in [-0.05, 0) is 18.2 Å². The molecule has 2 N–H and O–H groups in total. The van der Waals surface area contributed by atoms with E-state index in [0.29, 0.717) is 0 Å². The van der Waals surface area contributed by atoms with Crippen molar-refractivity contribution in [3.05, 3.63) is 67.5 Å². The number of halogens is 1. The molecule has 23 heavy (non-hydrogen) atoms. The van der Waals surface area contributed by atoms with Gasteiger partial charge in [-0.1, -0.05) is 11.6 Å². The first-order chi connectivity index (χ1) is 11.0. The predicted octanol–water partition coefficient (Wildman–Crippen LogP) is 3.13. The van der Waals surface area contributed by atoms with Gasteiger partial charge in [0.25, 0.3) is 11.2 Å². The van der Waals surface area contributed by atoms with E-state index in [4.69, 9.17) is 16.0 Å². The summed E-state index contributed by atoms with van der Waals surface area (Å²) in [5.41, 5.74) is -1.10. The van der Waals surface area contributed by atoms with Gasteiger partial charge in [-0.2, -0.15) is 0 Å². The Morgan fingerprint density at radius 1 is 1.48 bits per heavy atom. The summed E-state index contributed by atoms with van der Waals surface area (Å²) in [6, 6.07) is 5.57. The maximum atomic E-state index is 12.0. The number of H-pyrrole nitrogens is 1. The minimum absolute atomic E-state index is 0.0426. The van der Waals surface area contributed by atoms with Crippen LogP contribution in [0, 0.1) is 10.1 Å². The molecule has 0 aliphatic heterocycles. The zero-order valence-electron chi connectivity index (χ0n) is 11.3. The predicted molar refractivity (Wildman–Crippen MR) is 83.2 cm³/mol. The molecule has 0 aliphatic carbocycles. The molecule has 8 nitrogen and oxygen atoms in total. The summed E-state index contributed by atoms with van der Waals surface area (Å²) in [6.45, 7) is 0. The lowest BCUT2D eigenvalue weighted by atomic mass is 10.2. The highest BCUT2D eigenvalue weighted by atomic mass is 35.5. The van der Waals surface area contributed by atoms with Crippen molar-refractivity contribution in [2.24, 2.45) is 0 Å². The molecule has 2 aromatic heterocycles. The zero-order valence-corrected chi connectivity index (χ0v) is 12.1. The number of nitrogens with one attached hydrogen (secondary N) is 1. The fraction of sp³-hybridized carbons (Fsp3) is 0. The van der Waals surface area contributed by atoms with E-state index in [0.717, 1.165) is 12.1 Å². The van der Waals surface area contributed by atoms with Crippen molar-refractivity contribution in [1.82, 2.24) is 9.97 Å². The second kappa shape index (κ2) is 5.58. The number of non-ortho nitro benzene ring substituents is 1. The Morgan fingerprint density at radius 2 is 2.26 bits per heavy atom. The van der Waals surface area contributed by atoms with E-state index in [-0.39, 0.29) is 39.0 Å². The zero-order chi connectivity index (χ0) is 16.6. The third-order valence-electron chi connectivity index (χ3n) is 3.02. The van der Waals surface area contributed by atoms with Crippen LogP contribution in [0.3, 0.4) is 0 Å². The molecular formula is C14H8ClN3O5. The number of fused-ring (bicyclic) bond motifs is 1. The second-order valence-corrected chi connectivity index (χ2v) is 4.97. The van der Waals surface area contributed by atoms with E-state index in [2.05, 4.69) is 9.97 Å². The van der Waals surface area contributed by atoms with Crippen molar-refractivity contribution in [2.75, 3.05) is 0 Å². The van der Waals surface area contributed by atoms with Gasteiger partial charge in [0, 0.05) is 17.2 Å². The average molecular weight is 334 g/mol. The van der Waals surface area contributed by atoms with E-state index in [1.165, 1.54) is 18.4 Å². The molecule has 0 unspecified atom stereocenters. The van der Waals surface area contributed by atoms with Crippen molar-refractivity contribution in [3.63, 3.8) is 0 Å². The van der Waals surface area contributed by atoms with Crippen LogP contribution in [-0.4, -0.2) is 20.0 Å². The number of rotatable bonds is 3. The first kappa shape index (κ1) is 14.8. The molecule has 0 spiro atoms. The number of benzene rings is 1. The molecule has 0 saturated carbocycles. The first-order valence-corrected chi connectivity index (χ1v) is 6.66. The Balaban J connectivity index is 2.21. The number of nitrogens with zero attached hydrogens (tertiary/aromatic N) is 2. The first-order valence-electron chi connectivity index (χ1n) is 6.28. The fourth-order valence-corrected chi connectivity index (χ4v) is 2.23. The van der Waals surface area contributed by atoms with E-state index in [1.54, 1.807) is 6.07 Å². The third-order valence-corrected chi connectivity index (χ3v) is 3.24. The highest BCUT2D eigenvalue weighted by Crippen LogP contribution is 2.26. The smallest absolute Gasteiger partial charge is 0.296 e. The molecule has 0 aliphatic rings. The summed E-state index contributed by atoms with van der Waals surface area (Å²) in [4.78, 5) is 28.8. The highest BCUT2D eigenvalue weighted by molar-refractivity contribution is 6.31. The standard InChI is InChI=1S/C14H8ClN3O5/c15-7-4-8-13(10(5-7)18(21)22)17-14(20)9(16-8)6-11(19)12-2-1-3-23-12/h1-6,19H,(H,17,20)/b11-6-. The van der Waals surface area contributed by atoms with E-state index in [9.17, 15) is 20.0 Å². The van der Waals surface area contributed by atoms with E-state index in [1.807, 2.05) is 0 Å². The van der Waals surface area contributed by atoms with Gasteiger partial charge in [-0.25, -0.2) is 4.98 Å². The summed E-state index contributed by atoms with van der Waals surface area (Å²) in [5.74, 6) is -0.146. The molecule has 116 valence electrons. The molecule has 0 amide bonds. The Kier molecular flexibility index (Phi) is 3.59. The van der Waals surface area contributed by atoms with Crippen LogP contribution >= 0.6 is 11.6 Å². The fourth-order valence-electron chi connectivity index (χ4n) is 2.02. The summed E-state index contributed by atoms with van der Waals surface area (Å²) in [5, 5.41) is 21.0. The summed E-state index contributed by atoms with van der Waals surface area (Å²) in [7, 11) is 0. The summed E-state index contributed by atoms with van der Waals surface area (Å²) < 4.78 is 5.00. The molecule has 3 aromatic rings. The maximum Gasteiger partial charge on any atom is 0.296 e. The van der Waals surface area contributed by atoms with Gasteiger partial charge in [0.15, 0.2) is 11.5 Å². The van der Waals surface area contributed by atoms with Crippen molar-refractivity contribution in [1.29, 1.82) is 0 Å². The molecule has 0 bridgehead atoms. The molecule has 0 radical (unpaired) electrons. The van der Waals surface area contributed by atoms with Crippen LogP contribution in [0.2, 0.25) is 5.02 Å². The third kappa shape index (κ3) is 2.79. The van der Waals surface area contributed by atoms with Crippen molar-refractivity contribution >= 4 is 40.2 Å². The van der Waals surface area contributed by atoms with Crippen molar-refractivity contribution in [3.8, 4) is 0 Å². The molecule has 2 heterocycles. The van der Waals surface area contributed by atoms with E-state index < -0.39 is 10.5 Å². The minimum atomic E-state index is -0.693. The Labute approximate surface area is 132 Å². The topological polar surface area (TPSA) is 122 Å². The Bertz CT molecular complexity index is 992. The van der Waals surface area contributed by atoms with Gasteiger partial charge in [-0.15, -0.1) is 0 Å². The van der Waals surface area contributed by atoms with Crippen LogP contribution in [-0.2, 0) is 0 Å². The number of aliphatic hydroxyl groups excluding tert-OH is 1. The number of nitro benzene ring substituents is 1. The van der Waals surface area contributed by atoms with Crippen molar-refractivity contribution in [2.45, 2.75) is 0 Å². The lowest BCUT2D eigenvalue weighted by molar-refractivity contribution is -0.383.